The first-order valence-corrected chi connectivity index (χ1v) is 10.6. The maximum absolute atomic E-state index is 13.0. The van der Waals surface area contributed by atoms with Crippen molar-refractivity contribution >= 4 is 23.7 Å². The summed E-state index contributed by atoms with van der Waals surface area (Å²) in [6.45, 7) is 0.0221. The van der Waals surface area contributed by atoms with E-state index in [0.717, 1.165) is 12.8 Å². The zero-order valence-electron chi connectivity index (χ0n) is 18.0. The van der Waals surface area contributed by atoms with Crippen LogP contribution in [0.5, 0.6) is 0 Å². The van der Waals surface area contributed by atoms with Crippen molar-refractivity contribution < 1.29 is 28.2 Å². The number of likely N-dealkylation sites (tertiary alicyclic amines) is 1. The second kappa shape index (κ2) is 11.6. The van der Waals surface area contributed by atoms with E-state index in [4.69, 9.17) is 14.7 Å². The van der Waals surface area contributed by atoms with Gasteiger partial charge in [0.15, 0.2) is 6.61 Å². The number of carbonyl (C=O) groups excluding carboxylic acids is 3. The van der Waals surface area contributed by atoms with Crippen molar-refractivity contribution in [1.82, 2.24) is 4.90 Å². The van der Waals surface area contributed by atoms with Crippen LogP contribution in [0, 0.1) is 17.1 Å². The van der Waals surface area contributed by atoms with E-state index in [0.29, 0.717) is 29.8 Å². The molecule has 172 valence electrons. The smallest absolute Gasteiger partial charge is 0.410 e. The number of ether oxygens (including phenoxy) is 2. The Morgan fingerprint density at radius 2 is 1.73 bits per heavy atom. The normalized spacial score (nSPS) is 15.3. The molecule has 1 N–H and O–H groups in total. The zero-order valence-corrected chi connectivity index (χ0v) is 18.0. The number of nitrogens with one attached hydrogen (secondary N) is 1. The minimum atomic E-state index is -0.752. The summed E-state index contributed by atoms with van der Waals surface area (Å²) in [7, 11) is 0. The number of carbonyl (C=O) groups is 3. The number of benzene rings is 2. The lowest BCUT2D eigenvalue weighted by atomic mass is 10.0. The number of hydrogen-bond donors (Lipinski definition) is 1. The number of hydrogen-bond acceptors (Lipinski definition) is 6. The number of anilines is 1. The number of piperidine rings is 1. The second-order valence-electron chi connectivity index (χ2n) is 7.57. The van der Waals surface area contributed by atoms with Crippen molar-refractivity contribution in [1.29, 1.82) is 5.26 Å². The Morgan fingerprint density at radius 3 is 2.42 bits per heavy atom. The van der Waals surface area contributed by atoms with Gasteiger partial charge in [0, 0.05) is 12.2 Å². The Hall–Kier alpha value is -3.93. The number of nitriles is 1. The maximum atomic E-state index is 13.0. The summed E-state index contributed by atoms with van der Waals surface area (Å²) in [6, 6.07) is 13.5. The van der Waals surface area contributed by atoms with Crippen LogP contribution in [-0.4, -0.2) is 42.1 Å². The van der Waals surface area contributed by atoms with E-state index >= 15 is 0 Å². The van der Waals surface area contributed by atoms with Crippen LogP contribution < -0.4 is 5.32 Å². The molecule has 0 bridgehead atoms. The van der Waals surface area contributed by atoms with Gasteiger partial charge >= 0.3 is 12.1 Å². The van der Waals surface area contributed by atoms with E-state index in [1.807, 2.05) is 0 Å². The van der Waals surface area contributed by atoms with Gasteiger partial charge in [-0.25, -0.2) is 14.0 Å². The van der Waals surface area contributed by atoms with Gasteiger partial charge in [0.1, 0.15) is 24.5 Å². The first kappa shape index (κ1) is 23.7. The lowest BCUT2D eigenvalue weighted by molar-refractivity contribution is -0.149. The zero-order chi connectivity index (χ0) is 23.6. The molecular formula is C24H24FN3O5. The van der Waals surface area contributed by atoms with E-state index in [9.17, 15) is 18.8 Å². The monoisotopic (exact) mass is 453 g/mol. The van der Waals surface area contributed by atoms with Gasteiger partial charge in [0.05, 0.1) is 6.42 Å². The van der Waals surface area contributed by atoms with Crippen LogP contribution in [0.15, 0.2) is 48.5 Å². The predicted octanol–water partition coefficient (Wildman–Crippen LogP) is 3.56. The van der Waals surface area contributed by atoms with Gasteiger partial charge in [-0.15, -0.1) is 0 Å². The summed E-state index contributed by atoms with van der Waals surface area (Å²) in [6.07, 6.45) is 1.50. The molecule has 9 heteroatoms. The third-order valence-corrected chi connectivity index (χ3v) is 5.17. The first-order chi connectivity index (χ1) is 16.0. The molecule has 0 radical (unpaired) electrons. The molecule has 1 aliphatic rings. The van der Waals surface area contributed by atoms with Crippen LogP contribution in [0.3, 0.4) is 0 Å². The van der Waals surface area contributed by atoms with Gasteiger partial charge in [-0.1, -0.05) is 24.3 Å². The number of esters is 1. The molecule has 8 nitrogen and oxygen atoms in total. The summed E-state index contributed by atoms with van der Waals surface area (Å²) < 4.78 is 23.2. The molecule has 0 aromatic heterocycles. The van der Waals surface area contributed by atoms with E-state index in [1.165, 1.54) is 17.0 Å². The Kier molecular flexibility index (Phi) is 8.36. The second-order valence-corrected chi connectivity index (χ2v) is 7.57. The van der Waals surface area contributed by atoms with Gasteiger partial charge < -0.3 is 14.8 Å². The maximum Gasteiger partial charge on any atom is 0.410 e. The van der Waals surface area contributed by atoms with Crippen LogP contribution in [0.1, 0.15) is 30.4 Å². The van der Waals surface area contributed by atoms with Gasteiger partial charge in [0.25, 0.3) is 0 Å². The summed E-state index contributed by atoms with van der Waals surface area (Å²) in [5.41, 5.74) is 1.99. The molecule has 1 unspecified atom stereocenters. The average Bonchev–Trinajstić information content (AvgIpc) is 2.83. The highest BCUT2D eigenvalue weighted by molar-refractivity contribution is 5.92. The van der Waals surface area contributed by atoms with E-state index in [-0.39, 0.29) is 31.4 Å². The fourth-order valence-electron chi connectivity index (χ4n) is 3.50. The molecule has 0 saturated carbocycles. The van der Waals surface area contributed by atoms with Crippen molar-refractivity contribution in [2.24, 2.45) is 0 Å². The summed E-state index contributed by atoms with van der Waals surface area (Å²) in [5, 5.41) is 11.3. The van der Waals surface area contributed by atoms with Gasteiger partial charge in [-0.3, -0.25) is 9.69 Å². The van der Waals surface area contributed by atoms with E-state index in [2.05, 4.69) is 5.32 Å². The molecule has 0 aliphatic carbocycles. The topological polar surface area (TPSA) is 109 Å². The predicted molar refractivity (Wildman–Crippen MR) is 116 cm³/mol. The largest absolute Gasteiger partial charge is 0.449 e. The molecule has 1 saturated heterocycles. The summed E-state index contributed by atoms with van der Waals surface area (Å²) in [5.74, 6) is -1.20. The van der Waals surface area contributed by atoms with Crippen molar-refractivity contribution in [3.05, 3.63) is 65.5 Å². The molecule has 2 aromatic rings. The molecule has 3 rings (SSSR count). The molecule has 2 amide bonds. The van der Waals surface area contributed by atoms with Crippen LogP contribution >= 0.6 is 0 Å². The quantitative estimate of drug-likeness (QED) is 0.642. The highest BCUT2D eigenvalue weighted by Gasteiger charge is 2.34. The standard InChI is InChI=1S/C24H24FN3O5/c25-19-8-4-17(5-9-19)15-22(29)27-20-10-6-18(7-11-20)16-33-24(31)28-13-2-1-3-21(28)23(30)32-14-12-26/h4-11,21H,1-3,13-16H2,(H,27,29). The average molecular weight is 453 g/mol. The number of rotatable bonds is 7. The molecular weight excluding hydrogens is 429 g/mol. The Morgan fingerprint density at radius 1 is 1.03 bits per heavy atom. The fraction of sp³-hybridized carbons (Fsp3) is 0.333. The van der Waals surface area contributed by atoms with Crippen molar-refractivity contribution in [2.45, 2.75) is 38.3 Å². The molecule has 0 spiro atoms. The molecule has 2 aromatic carbocycles. The Labute approximate surface area is 190 Å². The lowest BCUT2D eigenvalue weighted by Gasteiger charge is -2.32. The van der Waals surface area contributed by atoms with Crippen LogP contribution in [0.25, 0.3) is 0 Å². The van der Waals surface area contributed by atoms with Gasteiger partial charge in [-0.05, 0) is 54.7 Å². The molecule has 33 heavy (non-hydrogen) atoms. The first-order valence-electron chi connectivity index (χ1n) is 10.6. The summed E-state index contributed by atoms with van der Waals surface area (Å²) in [4.78, 5) is 38.1. The number of amides is 2. The van der Waals surface area contributed by atoms with Gasteiger partial charge in [0.2, 0.25) is 5.91 Å². The molecule has 1 aliphatic heterocycles. The Balaban J connectivity index is 1.49. The lowest BCUT2D eigenvalue weighted by Crippen LogP contribution is -2.48. The van der Waals surface area contributed by atoms with Crippen LogP contribution in [0.2, 0.25) is 0 Å². The third kappa shape index (κ3) is 7.04. The minimum absolute atomic E-state index is 0.000890. The molecule has 1 heterocycles. The molecule has 1 fully saturated rings. The minimum Gasteiger partial charge on any atom is -0.449 e. The van der Waals surface area contributed by atoms with Crippen molar-refractivity contribution in [3.8, 4) is 6.07 Å². The van der Waals surface area contributed by atoms with Crippen LogP contribution in [0.4, 0.5) is 14.9 Å². The SMILES string of the molecule is N#CCOC(=O)C1CCCCN1C(=O)OCc1ccc(NC(=O)Cc2ccc(F)cc2)cc1. The van der Waals surface area contributed by atoms with Crippen LogP contribution in [-0.2, 0) is 32.1 Å². The van der Waals surface area contributed by atoms with E-state index < -0.39 is 18.1 Å². The van der Waals surface area contributed by atoms with Crippen molar-refractivity contribution in [3.63, 3.8) is 0 Å². The Bertz CT molecular complexity index is 1020. The highest BCUT2D eigenvalue weighted by atomic mass is 19.1. The summed E-state index contributed by atoms with van der Waals surface area (Å²) >= 11 is 0. The molecule has 1 atom stereocenters. The van der Waals surface area contributed by atoms with Gasteiger partial charge in [-0.2, -0.15) is 5.26 Å². The third-order valence-electron chi connectivity index (χ3n) is 5.17. The number of nitrogens with zero attached hydrogens (tertiary/aromatic N) is 2. The van der Waals surface area contributed by atoms with E-state index in [1.54, 1.807) is 42.5 Å². The fourth-order valence-corrected chi connectivity index (χ4v) is 3.50. The van der Waals surface area contributed by atoms with Crippen molar-refractivity contribution in [2.75, 3.05) is 18.5 Å². The number of halogens is 1. The highest BCUT2D eigenvalue weighted by Crippen LogP contribution is 2.20.